The second kappa shape index (κ2) is 5.16. The van der Waals surface area contributed by atoms with Gasteiger partial charge in [-0.25, -0.2) is 5.43 Å². The lowest BCUT2D eigenvalue weighted by Gasteiger charge is -2.13. The summed E-state index contributed by atoms with van der Waals surface area (Å²) in [6.07, 6.45) is 3.59. The van der Waals surface area contributed by atoms with Gasteiger partial charge < -0.3 is 4.42 Å². The first-order chi connectivity index (χ1) is 8.20. The van der Waals surface area contributed by atoms with E-state index < -0.39 is 0 Å². The van der Waals surface area contributed by atoms with Crippen LogP contribution in [0.15, 0.2) is 28.8 Å². The minimum atomic E-state index is 0.0404. The molecular weight excluding hydrogens is 216 g/mol. The third kappa shape index (κ3) is 2.75. The number of nitrogens with one attached hydrogen (secondary N) is 1. The van der Waals surface area contributed by atoms with Crippen molar-refractivity contribution < 1.29 is 4.42 Å². The molecule has 2 aromatic rings. The van der Waals surface area contributed by atoms with E-state index in [1.807, 2.05) is 36.9 Å². The van der Waals surface area contributed by atoms with Crippen molar-refractivity contribution in [3.8, 4) is 0 Å². The zero-order valence-corrected chi connectivity index (χ0v) is 10.2. The van der Waals surface area contributed by atoms with Gasteiger partial charge in [0.1, 0.15) is 11.5 Å². The van der Waals surface area contributed by atoms with Crippen LogP contribution < -0.4 is 11.3 Å². The number of hydrogen-bond acceptors (Lipinski definition) is 4. The smallest absolute Gasteiger partial charge is 0.122 e. The van der Waals surface area contributed by atoms with Crippen LogP contribution in [0.25, 0.3) is 0 Å². The number of nitrogens with two attached hydrogens (primary N) is 1. The quantitative estimate of drug-likeness (QED) is 0.607. The van der Waals surface area contributed by atoms with Gasteiger partial charge in [0.25, 0.3) is 0 Å². The van der Waals surface area contributed by atoms with Crippen LogP contribution in [0.2, 0.25) is 0 Å². The zero-order chi connectivity index (χ0) is 12.3. The summed E-state index contributed by atoms with van der Waals surface area (Å²) < 4.78 is 7.45. The first-order valence-electron chi connectivity index (χ1n) is 5.70. The summed E-state index contributed by atoms with van der Waals surface area (Å²) >= 11 is 0. The number of furan rings is 1. The van der Waals surface area contributed by atoms with Gasteiger partial charge in [-0.2, -0.15) is 5.10 Å². The van der Waals surface area contributed by atoms with Gasteiger partial charge in [-0.05, 0) is 38.0 Å². The van der Waals surface area contributed by atoms with Crippen molar-refractivity contribution in [2.75, 3.05) is 0 Å². The van der Waals surface area contributed by atoms with Crippen LogP contribution in [0.1, 0.15) is 29.7 Å². The van der Waals surface area contributed by atoms with E-state index in [1.54, 1.807) is 6.20 Å². The molecule has 0 amide bonds. The highest BCUT2D eigenvalue weighted by Gasteiger charge is 2.14. The summed E-state index contributed by atoms with van der Waals surface area (Å²) in [6, 6.07) is 5.96. The van der Waals surface area contributed by atoms with Gasteiger partial charge in [0.05, 0.1) is 6.04 Å². The van der Waals surface area contributed by atoms with Gasteiger partial charge >= 0.3 is 0 Å². The number of hydrazine groups is 1. The summed E-state index contributed by atoms with van der Waals surface area (Å²) in [5, 5.41) is 4.14. The molecule has 0 saturated carbocycles. The minimum absolute atomic E-state index is 0.0404. The van der Waals surface area contributed by atoms with Gasteiger partial charge in [-0.15, -0.1) is 0 Å². The number of rotatable bonds is 5. The highest BCUT2D eigenvalue weighted by Crippen LogP contribution is 2.20. The molecule has 2 rings (SSSR count). The van der Waals surface area contributed by atoms with E-state index in [4.69, 9.17) is 10.3 Å². The Morgan fingerprint density at radius 1 is 1.47 bits per heavy atom. The predicted molar refractivity (Wildman–Crippen MR) is 65.0 cm³/mol. The normalized spacial score (nSPS) is 12.9. The van der Waals surface area contributed by atoms with Crippen LogP contribution in [-0.4, -0.2) is 9.78 Å². The molecule has 2 aromatic heterocycles. The molecule has 0 aliphatic rings. The highest BCUT2D eigenvalue weighted by atomic mass is 16.3. The van der Waals surface area contributed by atoms with Crippen LogP contribution in [0.3, 0.4) is 0 Å². The summed E-state index contributed by atoms with van der Waals surface area (Å²) in [6.45, 7) is 1.93. The third-order valence-electron chi connectivity index (χ3n) is 2.92. The molecule has 0 aliphatic heterocycles. The van der Waals surface area contributed by atoms with E-state index in [-0.39, 0.29) is 6.04 Å². The van der Waals surface area contributed by atoms with Gasteiger partial charge in [-0.1, -0.05) is 0 Å². The van der Waals surface area contributed by atoms with E-state index in [0.29, 0.717) is 0 Å². The largest absolute Gasteiger partial charge is 0.465 e. The number of aryl methyl sites for hydroxylation is 3. The van der Waals surface area contributed by atoms with Crippen LogP contribution >= 0.6 is 0 Å². The lowest BCUT2D eigenvalue weighted by molar-refractivity contribution is 0.388. The molecule has 1 unspecified atom stereocenters. The predicted octanol–water partition coefficient (Wildman–Crippen LogP) is 1.46. The molecular formula is C12H18N4O. The Balaban J connectivity index is 1.99. The monoisotopic (exact) mass is 234 g/mol. The van der Waals surface area contributed by atoms with Crippen LogP contribution in [0.4, 0.5) is 0 Å². The van der Waals surface area contributed by atoms with Gasteiger partial charge in [0.15, 0.2) is 0 Å². The summed E-state index contributed by atoms with van der Waals surface area (Å²) in [5.41, 5.74) is 3.98. The maximum absolute atomic E-state index is 5.57. The molecule has 0 bridgehead atoms. The molecule has 2 heterocycles. The van der Waals surface area contributed by atoms with Gasteiger partial charge in [0, 0.05) is 18.9 Å². The van der Waals surface area contributed by atoms with E-state index in [0.717, 1.165) is 24.4 Å². The molecule has 0 saturated heterocycles. The fourth-order valence-electron chi connectivity index (χ4n) is 1.89. The standard InChI is InChI=1S/C12H18N4O/c1-9-3-6-12(17-9)11(15-13)5-4-10-7-8-14-16(10)2/h3,6-8,11,15H,4-5,13H2,1-2H3. The number of hydrogen-bond donors (Lipinski definition) is 2. The summed E-state index contributed by atoms with van der Waals surface area (Å²) in [5.74, 6) is 7.34. The fraction of sp³-hybridized carbons (Fsp3) is 0.417. The van der Waals surface area contributed by atoms with Crippen molar-refractivity contribution in [3.63, 3.8) is 0 Å². The fourth-order valence-corrected chi connectivity index (χ4v) is 1.89. The lowest BCUT2D eigenvalue weighted by Crippen LogP contribution is -2.28. The lowest BCUT2D eigenvalue weighted by atomic mass is 10.1. The Morgan fingerprint density at radius 2 is 2.29 bits per heavy atom. The molecule has 0 radical (unpaired) electrons. The molecule has 5 heteroatoms. The first-order valence-corrected chi connectivity index (χ1v) is 5.70. The highest BCUT2D eigenvalue weighted by molar-refractivity contribution is 5.10. The van der Waals surface area contributed by atoms with Crippen LogP contribution in [0.5, 0.6) is 0 Å². The molecule has 0 aliphatic carbocycles. The molecule has 0 spiro atoms. The van der Waals surface area contributed by atoms with E-state index in [1.165, 1.54) is 5.69 Å². The van der Waals surface area contributed by atoms with E-state index >= 15 is 0 Å². The Bertz CT molecular complexity index is 474. The number of nitrogens with zero attached hydrogens (tertiary/aromatic N) is 2. The Kier molecular flexibility index (Phi) is 3.61. The topological polar surface area (TPSA) is 69.0 Å². The average molecular weight is 234 g/mol. The average Bonchev–Trinajstić information content (AvgIpc) is 2.90. The molecule has 92 valence electrons. The van der Waals surface area contributed by atoms with Crippen molar-refractivity contribution in [1.82, 2.24) is 15.2 Å². The van der Waals surface area contributed by atoms with Crippen molar-refractivity contribution in [2.45, 2.75) is 25.8 Å². The SMILES string of the molecule is Cc1ccc(C(CCc2ccnn2C)NN)o1. The van der Waals surface area contributed by atoms with Crippen molar-refractivity contribution in [2.24, 2.45) is 12.9 Å². The molecule has 5 nitrogen and oxygen atoms in total. The second-order valence-electron chi connectivity index (χ2n) is 4.15. The van der Waals surface area contributed by atoms with Gasteiger partial charge in [-0.3, -0.25) is 10.5 Å². The Hall–Kier alpha value is -1.59. The van der Waals surface area contributed by atoms with Crippen molar-refractivity contribution in [3.05, 3.63) is 41.6 Å². The van der Waals surface area contributed by atoms with E-state index in [9.17, 15) is 0 Å². The molecule has 1 atom stereocenters. The summed E-state index contributed by atoms with van der Waals surface area (Å²) in [4.78, 5) is 0. The Morgan fingerprint density at radius 3 is 2.82 bits per heavy atom. The minimum Gasteiger partial charge on any atom is -0.465 e. The van der Waals surface area contributed by atoms with Crippen LogP contribution in [-0.2, 0) is 13.5 Å². The van der Waals surface area contributed by atoms with Gasteiger partial charge in [0.2, 0.25) is 0 Å². The third-order valence-corrected chi connectivity index (χ3v) is 2.92. The maximum Gasteiger partial charge on any atom is 0.122 e. The summed E-state index contributed by atoms with van der Waals surface area (Å²) in [7, 11) is 1.94. The first kappa shape index (κ1) is 11.9. The molecule has 3 N–H and O–H groups in total. The molecule has 17 heavy (non-hydrogen) atoms. The van der Waals surface area contributed by atoms with Crippen LogP contribution in [0, 0.1) is 6.92 Å². The second-order valence-corrected chi connectivity index (χ2v) is 4.15. The number of aromatic nitrogens is 2. The van der Waals surface area contributed by atoms with Crippen molar-refractivity contribution >= 4 is 0 Å². The molecule has 0 fully saturated rings. The molecule has 0 aromatic carbocycles. The van der Waals surface area contributed by atoms with E-state index in [2.05, 4.69) is 10.5 Å². The zero-order valence-electron chi connectivity index (χ0n) is 10.2. The van der Waals surface area contributed by atoms with Crippen molar-refractivity contribution in [1.29, 1.82) is 0 Å². The Labute approximate surface area is 101 Å². The maximum atomic E-state index is 5.57.